The fourth-order valence-corrected chi connectivity index (χ4v) is 1.87. The average Bonchev–Trinajstić information content (AvgIpc) is 2.92. The summed E-state index contributed by atoms with van der Waals surface area (Å²) < 4.78 is 4.40. The predicted molar refractivity (Wildman–Crippen MR) is 89.9 cm³/mol. The lowest BCUT2D eigenvalue weighted by atomic mass is 10.1. The van der Waals surface area contributed by atoms with Gasteiger partial charge in [0, 0.05) is 18.6 Å². The van der Waals surface area contributed by atoms with E-state index in [2.05, 4.69) is 9.72 Å². The number of hydrogen-bond acceptors (Lipinski definition) is 4. The van der Waals surface area contributed by atoms with Gasteiger partial charge in [0.15, 0.2) is 5.78 Å². The lowest BCUT2D eigenvalue weighted by Gasteiger charge is -1.94. The average molecular weight is 315 g/mol. The van der Waals surface area contributed by atoms with Crippen LogP contribution in [0.2, 0.25) is 0 Å². The van der Waals surface area contributed by atoms with E-state index in [4.69, 9.17) is 0 Å². The summed E-state index contributed by atoms with van der Waals surface area (Å²) in [5, 5.41) is 1.14. The molecule has 0 saturated heterocycles. The zero-order valence-corrected chi connectivity index (χ0v) is 13.6. The standard InChI is InChI=1S/C14H13NO2.C4H8O2/c1-10(16)8-13(17)5-3-11-2-4-12-6-7-15-14(12)9-11;1-3-6-4(2)5/h2-7,9,15H,8H2,1H3;3H2,1-2H3. The summed E-state index contributed by atoms with van der Waals surface area (Å²) in [7, 11) is 0. The van der Waals surface area contributed by atoms with Gasteiger partial charge >= 0.3 is 5.97 Å². The Hall–Kier alpha value is -2.69. The maximum Gasteiger partial charge on any atom is 0.302 e. The first-order chi connectivity index (χ1) is 10.9. The summed E-state index contributed by atoms with van der Waals surface area (Å²) >= 11 is 0. The van der Waals surface area contributed by atoms with E-state index >= 15 is 0 Å². The smallest absolute Gasteiger partial charge is 0.302 e. The molecule has 0 saturated carbocycles. The number of benzene rings is 1. The van der Waals surface area contributed by atoms with Crippen LogP contribution in [-0.2, 0) is 19.1 Å². The van der Waals surface area contributed by atoms with Crippen molar-refractivity contribution in [1.29, 1.82) is 0 Å². The second-order valence-corrected chi connectivity index (χ2v) is 4.93. The molecule has 1 N–H and O–H groups in total. The summed E-state index contributed by atoms with van der Waals surface area (Å²) in [4.78, 5) is 35.0. The Bertz CT molecular complexity index is 713. The molecule has 1 aromatic carbocycles. The SMILES string of the molecule is CC(=O)CC(=O)C=Cc1ccc2cc[nH]c2c1.CCOC(C)=O. The fourth-order valence-electron chi connectivity index (χ4n) is 1.87. The molecule has 0 spiro atoms. The third-order valence-corrected chi connectivity index (χ3v) is 2.81. The molecule has 23 heavy (non-hydrogen) atoms. The first kappa shape index (κ1) is 18.4. The Morgan fingerprint density at radius 2 is 1.91 bits per heavy atom. The predicted octanol–water partition coefficient (Wildman–Crippen LogP) is 3.30. The molecule has 0 aliphatic rings. The quantitative estimate of drug-likeness (QED) is 0.522. The molecule has 1 heterocycles. The van der Waals surface area contributed by atoms with E-state index in [0.717, 1.165) is 16.5 Å². The summed E-state index contributed by atoms with van der Waals surface area (Å²) in [5.74, 6) is -0.485. The number of rotatable bonds is 5. The van der Waals surface area contributed by atoms with Crippen molar-refractivity contribution in [2.24, 2.45) is 0 Å². The molecule has 0 amide bonds. The minimum Gasteiger partial charge on any atom is -0.466 e. The molecule has 0 radical (unpaired) electrons. The van der Waals surface area contributed by atoms with Crippen LogP contribution in [0.5, 0.6) is 0 Å². The first-order valence-corrected chi connectivity index (χ1v) is 7.33. The molecule has 0 aliphatic carbocycles. The number of hydrogen-bond donors (Lipinski definition) is 1. The summed E-state index contributed by atoms with van der Waals surface area (Å²) in [6, 6.07) is 7.88. The number of Topliss-reactive ketones (excluding diaryl/α,β-unsaturated/α-hetero) is 1. The van der Waals surface area contributed by atoms with Crippen molar-refractivity contribution in [2.75, 3.05) is 6.61 Å². The van der Waals surface area contributed by atoms with Gasteiger partial charge in [-0.3, -0.25) is 14.4 Å². The number of aromatic amines is 1. The third-order valence-electron chi connectivity index (χ3n) is 2.81. The largest absolute Gasteiger partial charge is 0.466 e. The van der Waals surface area contributed by atoms with Crippen molar-refractivity contribution < 1.29 is 19.1 Å². The van der Waals surface area contributed by atoms with E-state index in [-0.39, 0.29) is 24.0 Å². The van der Waals surface area contributed by atoms with Gasteiger partial charge in [0.25, 0.3) is 0 Å². The van der Waals surface area contributed by atoms with Crippen molar-refractivity contribution >= 4 is 34.5 Å². The molecular formula is C18H21NO4. The van der Waals surface area contributed by atoms with Crippen LogP contribution in [0.25, 0.3) is 17.0 Å². The van der Waals surface area contributed by atoms with Crippen LogP contribution in [0.3, 0.4) is 0 Å². The van der Waals surface area contributed by atoms with E-state index in [0.29, 0.717) is 6.61 Å². The molecule has 5 nitrogen and oxygen atoms in total. The Morgan fingerprint density at radius 3 is 2.48 bits per heavy atom. The molecule has 2 rings (SSSR count). The van der Waals surface area contributed by atoms with Crippen LogP contribution < -0.4 is 0 Å². The number of esters is 1. The number of carbonyl (C=O) groups excluding carboxylic acids is 3. The Morgan fingerprint density at radius 1 is 1.17 bits per heavy atom. The molecule has 2 aromatic rings. The molecule has 0 unspecified atom stereocenters. The van der Waals surface area contributed by atoms with Gasteiger partial charge in [-0.2, -0.15) is 0 Å². The highest BCUT2D eigenvalue weighted by atomic mass is 16.5. The Balaban J connectivity index is 0.000000379. The summed E-state index contributed by atoms with van der Waals surface area (Å²) in [6.07, 6.45) is 5.03. The van der Waals surface area contributed by atoms with Crippen molar-refractivity contribution in [2.45, 2.75) is 27.2 Å². The second-order valence-electron chi connectivity index (χ2n) is 4.93. The van der Waals surface area contributed by atoms with Crippen molar-refractivity contribution in [3.05, 3.63) is 42.1 Å². The van der Waals surface area contributed by atoms with Crippen LogP contribution in [0.1, 0.15) is 32.8 Å². The number of ether oxygens (including phenoxy) is 1. The van der Waals surface area contributed by atoms with Crippen molar-refractivity contribution in [3.8, 4) is 0 Å². The van der Waals surface area contributed by atoms with E-state index in [9.17, 15) is 14.4 Å². The fraction of sp³-hybridized carbons (Fsp3) is 0.278. The van der Waals surface area contributed by atoms with Gasteiger partial charge < -0.3 is 9.72 Å². The molecular weight excluding hydrogens is 294 g/mol. The number of carbonyl (C=O) groups is 3. The minimum absolute atomic E-state index is 0.0265. The number of fused-ring (bicyclic) bond motifs is 1. The van der Waals surface area contributed by atoms with Crippen LogP contribution in [-0.4, -0.2) is 29.1 Å². The summed E-state index contributed by atoms with van der Waals surface area (Å²) in [6.45, 7) is 5.07. The third kappa shape index (κ3) is 7.22. The van der Waals surface area contributed by atoms with E-state index in [1.54, 1.807) is 13.0 Å². The number of ketones is 2. The van der Waals surface area contributed by atoms with E-state index in [1.165, 1.54) is 19.9 Å². The van der Waals surface area contributed by atoms with Gasteiger partial charge in [-0.25, -0.2) is 0 Å². The molecule has 0 atom stereocenters. The van der Waals surface area contributed by atoms with Crippen LogP contribution >= 0.6 is 0 Å². The highest BCUT2D eigenvalue weighted by Crippen LogP contribution is 2.15. The van der Waals surface area contributed by atoms with Crippen molar-refractivity contribution in [3.63, 3.8) is 0 Å². The molecule has 0 bridgehead atoms. The second kappa shape index (κ2) is 9.35. The van der Waals surface area contributed by atoms with Crippen LogP contribution in [0.15, 0.2) is 36.5 Å². The van der Waals surface area contributed by atoms with Gasteiger partial charge in [0.05, 0.1) is 13.0 Å². The van der Waals surface area contributed by atoms with E-state index in [1.807, 2.05) is 30.5 Å². The maximum absolute atomic E-state index is 11.3. The minimum atomic E-state index is -0.211. The zero-order chi connectivity index (χ0) is 17.2. The molecule has 0 fully saturated rings. The summed E-state index contributed by atoms with van der Waals surface area (Å²) in [5.41, 5.74) is 1.98. The van der Waals surface area contributed by atoms with Gasteiger partial charge in [0.1, 0.15) is 5.78 Å². The number of allylic oxidation sites excluding steroid dienone is 1. The number of aromatic nitrogens is 1. The molecule has 1 aromatic heterocycles. The van der Waals surface area contributed by atoms with Gasteiger partial charge in [0.2, 0.25) is 0 Å². The zero-order valence-electron chi connectivity index (χ0n) is 13.6. The Labute approximate surface area is 135 Å². The monoisotopic (exact) mass is 315 g/mol. The normalized spacial score (nSPS) is 10.2. The molecule has 5 heteroatoms. The van der Waals surface area contributed by atoms with Crippen molar-refractivity contribution in [1.82, 2.24) is 4.98 Å². The van der Waals surface area contributed by atoms with Gasteiger partial charge in [-0.05, 0) is 43.0 Å². The van der Waals surface area contributed by atoms with Crippen LogP contribution in [0, 0.1) is 0 Å². The highest BCUT2D eigenvalue weighted by Gasteiger charge is 2.00. The van der Waals surface area contributed by atoms with E-state index < -0.39 is 0 Å². The highest BCUT2D eigenvalue weighted by molar-refractivity contribution is 6.05. The van der Waals surface area contributed by atoms with Crippen LogP contribution in [0.4, 0.5) is 0 Å². The number of H-pyrrole nitrogens is 1. The first-order valence-electron chi connectivity index (χ1n) is 7.33. The topological polar surface area (TPSA) is 76.2 Å². The lowest BCUT2D eigenvalue weighted by Crippen LogP contribution is -1.99. The lowest BCUT2D eigenvalue weighted by molar-refractivity contribution is -0.140. The number of nitrogens with one attached hydrogen (secondary N) is 1. The van der Waals surface area contributed by atoms with Gasteiger partial charge in [-0.15, -0.1) is 0 Å². The molecule has 0 aliphatic heterocycles. The Kier molecular flexibility index (Phi) is 7.47. The van der Waals surface area contributed by atoms with Gasteiger partial charge in [-0.1, -0.05) is 18.2 Å². The maximum atomic E-state index is 11.3. The molecule has 122 valence electrons.